The van der Waals surface area contributed by atoms with Gasteiger partial charge in [-0.1, -0.05) is 18.2 Å². The van der Waals surface area contributed by atoms with Gasteiger partial charge in [-0.25, -0.2) is 4.68 Å². The van der Waals surface area contributed by atoms with Crippen molar-refractivity contribution in [2.75, 3.05) is 5.32 Å². The van der Waals surface area contributed by atoms with Crippen molar-refractivity contribution in [2.45, 2.75) is 6.92 Å². The number of anilines is 1. The van der Waals surface area contributed by atoms with Crippen LogP contribution in [0.1, 0.15) is 16.1 Å². The molecule has 1 amide bonds. The van der Waals surface area contributed by atoms with Gasteiger partial charge in [0, 0.05) is 33.7 Å². The lowest BCUT2D eigenvalue weighted by atomic mass is 10.1. The molecule has 0 radical (unpaired) electrons. The van der Waals surface area contributed by atoms with Crippen molar-refractivity contribution in [1.29, 1.82) is 0 Å². The lowest BCUT2D eigenvalue weighted by Crippen LogP contribution is -2.14. The Balaban J connectivity index is 1.67. The molecule has 0 atom stereocenters. The fraction of sp³-hybridized carbons (Fsp3) is 0.0526. The third kappa shape index (κ3) is 3.18. The SMILES string of the molecule is Cc1cc(NC(=O)c2csc3ccccc23)n(-c2ccc([N+](=O)[O-])cc2)n1. The van der Waals surface area contributed by atoms with Gasteiger partial charge in [0.05, 0.1) is 21.9 Å². The van der Waals surface area contributed by atoms with Crippen LogP contribution in [0.2, 0.25) is 0 Å². The van der Waals surface area contributed by atoms with E-state index < -0.39 is 4.92 Å². The zero-order valence-electron chi connectivity index (χ0n) is 14.2. The fourth-order valence-corrected chi connectivity index (χ4v) is 3.78. The van der Waals surface area contributed by atoms with E-state index >= 15 is 0 Å². The summed E-state index contributed by atoms with van der Waals surface area (Å²) in [6.45, 7) is 1.82. The van der Waals surface area contributed by atoms with Crippen molar-refractivity contribution >= 4 is 38.8 Å². The molecule has 8 heteroatoms. The van der Waals surface area contributed by atoms with Gasteiger partial charge in [0.1, 0.15) is 5.82 Å². The highest BCUT2D eigenvalue weighted by Gasteiger charge is 2.16. The average molecular weight is 378 g/mol. The molecule has 134 valence electrons. The smallest absolute Gasteiger partial charge is 0.269 e. The zero-order chi connectivity index (χ0) is 19.0. The molecular formula is C19H14N4O3S. The number of hydrogen-bond acceptors (Lipinski definition) is 5. The Hall–Kier alpha value is -3.52. The number of carbonyl (C=O) groups is 1. The number of nitro benzene ring substituents is 1. The van der Waals surface area contributed by atoms with Gasteiger partial charge in [-0.15, -0.1) is 11.3 Å². The molecule has 2 heterocycles. The molecule has 0 spiro atoms. The lowest BCUT2D eigenvalue weighted by molar-refractivity contribution is -0.384. The number of aromatic nitrogens is 2. The molecule has 2 aromatic carbocycles. The highest BCUT2D eigenvalue weighted by Crippen LogP contribution is 2.27. The second-order valence-electron chi connectivity index (χ2n) is 5.96. The summed E-state index contributed by atoms with van der Waals surface area (Å²) in [4.78, 5) is 23.2. The van der Waals surface area contributed by atoms with Gasteiger partial charge >= 0.3 is 0 Å². The minimum Gasteiger partial charge on any atom is -0.306 e. The zero-order valence-corrected chi connectivity index (χ0v) is 15.1. The largest absolute Gasteiger partial charge is 0.306 e. The van der Waals surface area contributed by atoms with E-state index in [-0.39, 0.29) is 11.6 Å². The molecule has 0 aliphatic carbocycles. The predicted molar refractivity (Wildman–Crippen MR) is 105 cm³/mol. The van der Waals surface area contributed by atoms with Crippen LogP contribution in [-0.2, 0) is 0 Å². The summed E-state index contributed by atoms with van der Waals surface area (Å²) in [6, 6.07) is 15.5. The van der Waals surface area contributed by atoms with E-state index in [4.69, 9.17) is 0 Å². The van der Waals surface area contributed by atoms with Crippen LogP contribution < -0.4 is 5.32 Å². The Labute approximate surface area is 158 Å². The number of non-ortho nitro benzene ring substituents is 1. The monoisotopic (exact) mass is 378 g/mol. The first-order valence-corrected chi connectivity index (χ1v) is 9.00. The summed E-state index contributed by atoms with van der Waals surface area (Å²) in [7, 11) is 0. The van der Waals surface area contributed by atoms with Crippen LogP contribution in [0.5, 0.6) is 0 Å². The van der Waals surface area contributed by atoms with Crippen molar-refractivity contribution in [3.8, 4) is 5.69 Å². The number of hydrogen-bond donors (Lipinski definition) is 1. The topological polar surface area (TPSA) is 90.1 Å². The maximum absolute atomic E-state index is 12.8. The third-order valence-corrected chi connectivity index (χ3v) is 5.07. The molecule has 0 unspecified atom stereocenters. The average Bonchev–Trinajstić information content (AvgIpc) is 3.25. The third-order valence-electron chi connectivity index (χ3n) is 4.10. The Kier molecular flexibility index (Phi) is 4.17. The maximum Gasteiger partial charge on any atom is 0.269 e. The minimum absolute atomic E-state index is 0.00189. The van der Waals surface area contributed by atoms with E-state index in [2.05, 4.69) is 10.4 Å². The lowest BCUT2D eigenvalue weighted by Gasteiger charge is -2.08. The Morgan fingerprint density at radius 2 is 1.93 bits per heavy atom. The first-order valence-electron chi connectivity index (χ1n) is 8.12. The highest BCUT2D eigenvalue weighted by molar-refractivity contribution is 7.17. The van der Waals surface area contributed by atoms with Gasteiger partial charge in [-0.2, -0.15) is 5.10 Å². The summed E-state index contributed by atoms with van der Waals surface area (Å²) in [5.41, 5.74) is 1.95. The van der Waals surface area contributed by atoms with E-state index in [0.29, 0.717) is 17.1 Å². The molecule has 0 fully saturated rings. The number of nitro groups is 1. The molecule has 7 nitrogen and oxygen atoms in total. The molecule has 0 aliphatic heterocycles. The molecule has 4 aromatic rings. The van der Waals surface area contributed by atoms with Crippen LogP contribution in [-0.4, -0.2) is 20.6 Å². The number of aryl methyl sites for hydroxylation is 1. The molecule has 4 rings (SSSR count). The number of thiophene rings is 1. The second-order valence-corrected chi connectivity index (χ2v) is 6.87. The molecular weight excluding hydrogens is 364 g/mol. The number of nitrogens with zero attached hydrogens (tertiary/aromatic N) is 3. The second kappa shape index (κ2) is 6.65. The normalized spacial score (nSPS) is 10.9. The fourth-order valence-electron chi connectivity index (χ4n) is 2.84. The molecule has 0 saturated carbocycles. The summed E-state index contributed by atoms with van der Waals surface area (Å²) in [6.07, 6.45) is 0. The highest BCUT2D eigenvalue weighted by atomic mass is 32.1. The summed E-state index contributed by atoms with van der Waals surface area (Å²) >= 11 is 1.52. The van der Waals surface area contributed by atoms with E-state index in [1.165, 1.54) is 23.5 Å². The minimum atomic E-state index is -0.456. The van der Waals surface area contributed by atoms with Crippen molar-refractivity contribution in [2.24, 2.45) is 0 Å². The van der Waals surface area contributed by atoms with E-state index in [9.17, 15) is 14.9 Å². The standard InChI is InChI=1S/C19H14N4O3S/c1-12-10-18(22(21-12)13-6-8-14(9-7-13)23(25)26)20-19(24)16-11-27-17-5-3-2-4-15(16)17/h2-11H,1H3,(H,20,24). The summed E-state index contributed by atoms with van der Waals surface area (Å²) < 4.78 is 2.61. The van der Waals surface area contributed by atoms with Gasteiger partial charge in [-0.3, -0.25) is 14.9 Å². The van der Waals surface area contributed by atoms with Crippen LogP contribution in [0.4, 0.5) is 11.5 Å². The first-order chi connectivity index (χ1) is 13.0. The van der Waals surface area contributed by atoms with Gasteiger partial charge in [0.2, 0.25) is 0 Å². The number of nitrogens with one attached hydrogen (secondary N) is 1. The molecule has 27 heavy (non-hydrogen) atoms. The van der Waals surface area contributed by atoms with Gasteiger partial charge < -0.3 is 5.32 Å². The molecule has 0 saturated heterocycles. The quantitative estimate of drug-likeness (QED) is 0.416. The number of fused-ring (bicyclic) bond motifs is 1. The van der Waals surface area contributed by atoms with E-state index in [1.807, 2.05) is 36.6 Å². The molecule has 0 aliphatic rings. The summed E-state index contributed by atoms with van der Waals surface area (Å²) in [5.74, 6) is 0.275. The summed E-state index contributed by atoms with van der Waals surface area (Å²) in [5, 5.41) is 20.8. The van der Waals surface area contributed by atoms with Crippen LogP contribution in [0.3, 0.4) is 0 Å². The van der Waals surface area contributed by atoms with Crippen molar-refractivity contribution in [1.82, 2.24) is 9.78 Å². The van der Waals surface area contributed by atoms with Crippen molar-refractivity contribution < 1.29 is 9.72 Å². The van der Waals surface area contributed by atoms with Gasteiger partial charge in [-0.05, 0) is 25.1 Å². The molecule has 2 aromatic heterocycles. The van der Waals surface area contributed by atoms with Crippen LogP contribution >= 0.6 is 11.3 Å². The predicted octanol–water partition coefficient (Wildman–Crippen LogP) is 4.56. The van der Waals surface area contributed by atoms with Gasteiger partial charge in [0.15, 0.2) is 0 Å². The van der Waals surface area contributed by atoms with Crippen molar-refractivity contribution in [3.63, 3.8) is 0 Å². The molecule has 0 bridgehead atoms. The maximum atomic E-state index is 12.8. The number of benzene rings is 2. The van der Waals surface area contributed by atoms with Crippen LogP contribution in [0.25, 0.3) is 15.8 Å². The van der Waals surface area contributed by atoms with Crippen LogP contribution in [0.15, 0.2) is 60.0 Å². The Morgan fingerprint density at radius 1 is 1.19 bits per heavy atom. The molecule has 1 N–H and O–H groups in total. The number of amides is 1. The number of carbonyl (C=O) groups excluding carboxylic acids is 1. The Bertz CT molecular complexity index is 1160. The van der Waals surface area contributed by atoms with Crippen molar-refractivity contribution in [3.05, 3.63) is 81.3 Å². The van der Waals surface area contributed by atoms with Crippen LogP contribution in [0, 0.1) is 17.0 Å². The first kappa shape index (κ1) is 16.9. The Morgan fingerprint density at radius 3 is 2.67 bits per heavy atom. The van der Waals surface area contributed by atoms with Gasteiger partial charge in [0.25, 0.3) is 11.6 Å². The number of rotatable bonds is 4. The van der Waals surface area contributed by atoms with E-state index in [1.54, 1.807) is 22.9 Å². The van der Waals surface area contributed by atoms with E-state index in [0.717, 1.165) is 15.8 Å².